The number of piperazine rings is 2. The summed E-state index contributed by atoms with van der Waals surface area (Å²) in [5, 5.41) is 8.21. The first-order chi connectivity index (χ1) is 17.2. The topological polar surface area (TPSA) is 65.4 Å². The molecule has 1 N–H and O–H groups in total. The maximum absolute atomic E-state index is 12.4. The Kier molecular flexibility index (Phi) is 4.99. The van der Waals surface area contributed by atoms with Gasteiger partial charge in [0.05, 0.1) is 30.0 Å². The molecule has 4 fully saturated rings. The third-order valence-electron chi connectivity index (χ3n) is 8.04. The summed E-state index contributed by atoms with van der Waals surface area (Å²) in [5.74, 6) is 0.656. The number of anilines is 2. The molecule has 8 heteroatoms. The van der Waals surface area contributed by atoms with E-state index in [1.807, 2.05) is 10.7 Å². The molecule has 3 aliphatic heterocycles. The Bertz CT molecular complexity index is 1240. The van der Waals surface area contributed by atoms with Crippen molar-refractivity contribution in [1.82, 2.24) is 19.8 Å². The monoisotopic (exact) mass is 472 g/mol. The molecule has 1 saturated carbocycles. The molecule has 0 unspecified atom stereocenters. The van der Waals surface area contributed by atoms with Gasteiger partial charge in [-0.15, -0.1) is 0 Å². The van der Waals surface area contributed by atoms with Crippen LogP contribution in [0.2, 0.25) is 0 Å². The number of hydrogen-bond donors (Lipinski definition) is 1. The number of aromatic nitrogens is 2. The van der Waals surface area contributed by atoms with Crippen LogP contribution in [0.3, 0.4) is 0 Å². The van der Waals surface area contributed by atoms with Crippen molar-refractivity contribution in [3.05, 3.63) is 48.8 Å². The second kappa shape index (κ2) is 8.24. The second-order valence-corrected chi connectivity index (χ2v) is 10.5. The van der Waals surface area contributed by atoms with Crippen LogP contribution in [0.25, 0.3) is 16.6 Å². The van der Waals surface area contributed by atoms with E-state index in [2.05, 4.69) is 67.7 Å². The fourth-order valence-corrected chi connectivity index (χ4v) is 5.76. The second-order valence-electron chi connectivity index (χ2n) is 10.5. The van der Waals surface area contributed by atoms with Gasteiger partial charge >= 0.3 is 0 Å². The highest BCUT2D eigenvalue weighted by Crippen LogP contribution is 2.33. The third kappa shape index (κ3) is 3.85. The maximum Gasteiger partial charge on any atom is 0.225 e. The van der Waals surface area contributed by atoms with E-state index in [4.69, 9.17) is 4.74 Å². The summed E-state index contributed by atoms with van der Waals surface area (Å²) in [7, 11) is 0. The summed E-state index contributed by atoms with van der Waals surface area (Å²) in [5.41, 5.74) is 6.07. The van der Waals surface area contributed by atoms with Crippen molar-refractivity contribution in [3.8, 4) is 11.1 Å². The Balaban J connectivity index is 1.09. The number of fused-ring (bicyclic) bond motifs is 1. The van der Waals surface area contributed by atoms with Crippen molar-refractivity contribution in [2.45, 2.75) is 18.4 Å². The molecule has 1 amide bonds. The van der Waals surface area contributed by atoms with Gasteiger partial charge in [0.25, 0.3) is 0 Å². The van der Waals surface area contributed by atoms with E-state index in [1.165, 1.54) is 22.5 Å². The summed E-state index contributed by atoms with van der Waals surface area (Å²) >= 11 is 0. The Morgan fingerprint density at radius 3 is 2.49 bits per heavy atom. The van der Waals surface area contributed by atoms with Crippen molar-refractivity contribution >= 4 is 22.8 Å². The number of nitrogens with one attached hydrogen (secondary N) is 1. The molecule has 0 bridgehead atoms. The van der Waals surface area contributed by atoms with Gasteiger partial charge in [-0.1, -0.05) is 12.1 Å². The van der Waals surface area contributed by atoms with Gasteiger partial charge in [0, 0.05) is 75.4 Å². The van der Waals surface area contributed by atoms with E-state index in [0.29, 0.717) is 11.8 Å². The minimum Gasteiger partial charge on any atom is -0.377 e. The lowest BCUT2D eigenvalue weighted by molar-refractivity contribution is -0.132. The van der Waals surface area contributed by atoms with E-state index in [0.717, 1.165) is 77.4 Å². The van der Waals surface area contributed by atoms with E-state index in [1.54, 1.807) is 0 Å². The number of carbonyl (C=O) groups is 1. The minimum atomic E-state index is 0.135. The average Bonchev–Trinajstić information content (AvgIpc) is 3.65. The molecule has 0 atom stereocenters. The summed E-state index contributed by atoms with van der Waals surface area (Å²) < 4.78 is 7.45. The zero-order valence-corrected chi connectivity index (χ0v) is 20.0. The lowest BCUT2D eigenvalue weighted by Crippen LogP contribution is -2.70. The van der Waals surface area contributed by atoms with Crippen LogP contribution >= 0.6 is 0 Å². The average molecular weight is 473 g/mol. The number of nitrogens with zero attached hydrogens (tertiary/aromatic N) is 5. The zero-order valence-electron chi connectivity index (χ0n) is 20.0. The van der Waals surface area contributed by atoms with E-state index in [-0.39, 0.29) is 5.54 Å². The Morgan fingerprint density at radius 1 is 0.971 bits per heavy atom. The molecule has 0 radical (unpaired) electrons. The fourth-order valence-electron chi connectivity index (χ4n) is 5.76. The number of ether oxygens (including phenoxy) is 1. The Morgan fingerprint density at radius 2 is 1.77 bits per heavy atom. The van der Waals surface area contributed by atoms with Gasteiger partial charge in [0.2, 0.25) is 5.91 Å². The van der Waals surface area contributed by atoms with Crippen molar-refractivity contribution < 1.29 is 9.53 Å². The van der Waals surface area contributed by atoms with Gasteiger partial charge in [-0.3, -0.25) is 4.79 Å². The molecular weight excluding hydrogens is 440 g/mol. The van der Waals surface area contributed by atoms with Crippen molar-refractivity contribution in [3.63, 3.8) is 0 Å². The molecule has 5 heterocycles. The summed E-state index contributed by atoms with van der Waals surface area (Å²) in [4.78, 5) is 19.3. The normalized spacial score (nSPS) is 22.0. The Hall–Kier alpha value is -3.10. The fraction of sp³-hybridized carbons (Fsp3) is 0.481. The van der Waals surface area contributed by atoms with Crippen LogP contribution in [0, 0.1) is 5.92 Å². The molecular formula is C27H32N6O2. The number of rotatable bonds is 4. The van der Waals surface area contributed by atoms with Gasteiger partial charge in [0.15, 0.2) is 0 Å². The SMILES string of the molecule is O=C(C1CC1)N1CCN(c2ccnn3cc(-c4ccc(N5CCNC6(COC6)C5)cc4)cc23)CC1. The summed E-state index contributed by atoms with van der Waals surface area (Å²) in [6, 6.07) is 13.3. The minimum absolute atomic E-state index is 0.135. The Labute approximate surface area is 205 Å². The van der Waals surface area contributed by atoms with Crippen LogP contribution < -0.4 is 15.1 Å². The quantitative estimate of drug-likeness (QED) is 0.628. The lowest BCUT2D eigenvalue weighted by Gasteiger charge is -2.49. The van der Waals surface area contributed by atoms with E-state index in [9.17, 15) is 4.79 Å². The number of carbonyl (C=O) groups excluding carboxylic acids is 1. The van der Waals surface area contributed by atoms with Crippen LogP contribution in [0.15, 0.2) is 48.8 Å². The van der Waals surface area contributed by atoms with Gasteiger partial charge in [-0.25, -0.2) is 4.52 Å². The molecule has 7 rings (SSSR count). The molecule has 1 aliphatic carbocycles. The highest BCUT2D eigenvalue weighted by molar-refractivity contribution is 5.82. The van der Waals surface area contributed by atoms with Gasteiger partial charge in [-0.2, -0.15) is 5.10 Å². The van der Waals surface area contributed by atoms with E-state index < -0.39 is 0 Å². The smallest absolute Gasteiger partial charge is 0.225 e. The number of amides is 1. The van der Waals surface area contributed by atoms with Crippen LogP contribution in [-0.2, 0) is 9.53 Å². The van der Waals surface area contributed by atoms with Crippen LogP contribution in [0.5, 0.6) is 0 Å². The molecule has 1 spiro atoms. The van der Waals surface area contributed by atoms with Crippen LogP contribution in [0.1, 0.15) is 12.8 Å². The molecule has 182 valence electrons. The maximum atomic E-state index is 12.4. The first-order valence-electron chi connectivity index (χ1n) is 12.9. The van der Waals surface area contributed by atoms with Crippen molar-refractivity contribution in [2.75, 3.05) is 68.8 Å². The lowest BCUT2D eigenvalue weighted by atomic mass is 9.94. The highest BCUT2D eigenvalue weighted by atomic mass is 16.5. The largest absolute Gasteiger partial charge is 0.377 e. The highest BCUT2D eigenvalue weighted by Gasteiger charge is 2.42. The molecule has 2 aromatic heterocycles. The van der Waals surface area contributed by atoms with Crippen LogP contribution in [-0.4, -0.2) is 85.0 Å². The third-order valence-corrected chi connectivity index (χ3v) is 8.04. The number of hydrogen-bond acceptors (Lipinski definition) is 6. The summed E-state index contributed by atoms with van der Waals surface area (Å²) in [6.45, 7) is 7.96. The van der Waals surface area contributed by atoms with Gasteiger partial charge < -0.3 is 24.8 Å². The van der Waals surface area contributed by atoms with Gasteiger partial charge in [0.1, 0.15) is 0 Å². The number of benzene rings is 1. The van der Waals surface area contributed by atoms with Gasteiger partial charge in [-0.05, 0) is 42.7 Å². The first kappa shape index (κ1) is 21.2. The summed E-state index contributed by atoms with van der Waals surface area (Å²) in [6.07, 6.45) is 6.14. The molecule has 1 aromatic carbocycles. The molecule has 3 aromatic rings. The van der Waals surface area contributed by atoms with Crippen molar-refractivity contribution in [2.24, 2.45) is 5.92 Å². The van der Waals surface area contributed by atoms with E-state index >= 15 is 0 Å². The molecule has 8 nitrogen and oxygen atoms in total. The first-order valence-corrected chi connectivity index (χ1v) is 12.9. The predicted octanol–water partition coefficient (Wildman–Crippen LogP) is 2.24. The molecule has 35 heavy (non-hydrogen) atoms. The van der Waals surface area contributed by atoms with Crippen LogP contribution in [0.4, 0.5) is 11.4 Å². The molecule has 4 aliphatic rings. The zero-order chi connectivity index (χ0) is 23.4. The van der Waals surface area contributed by atoms with Crippen molar-refractivity contribution in [1.29, 1.82) is 0 Å². The predicted molar refractivity (Wildman–Crippen MR) is 136 cm³/mol. The standard InChI is InChI=1S/C27H32N6O2/c34-26(21-1-2-21)31-13-11-30(12-14-31)24-7-8-29-33-16-22(15-25(24)33)20-3-5-23(6-4-20)32-10-9-28-27(17-32)18-35-19-27/h3-8,15-16,21,28H,1-2,9-14,17-19H2. The molecule has 3 saturated heterocycles.